The fraction of sp³-hybridized carbons (Fsp3) is 1.00. The highest BCUT2D eigenvalue weighted by Gasteiger charge is 2.05. The van der Waals surface area contributed by atoms with E-state index in [0.29, 0.717) is 5.92 Å². The average Bonchev–Trinajstić information content (AvgIpc) is 1.97. The van der Waals surface area contributed by atoms with E-state index in [4.69, 9.17) is 16.7 Å². The summed E-state index contributed by atoms with van der Waals surface area (Å²) in [7, 11) is 0. The third-order valence-corrected chi connectivity index (χ3v) is 3.43. The molecule has 0 aliphatic heterocycles. The van der Waals surface area contributed by atoms with Gasteiger partial charge in [-0.3, -0.25) is 0 Å². The Kier molecular flexibility index (Phi) is 7.67. The van der Waals surface area contributed by atoms with Gasteiger partial charge in [-0.05, 0) is 12.1 Å². The zero-order valence-corrected chi connectivity index (χ0v) is 9.28. The summed E-state index contributed by atoms with van der Waals surface area (Å²) in [5.41, 5.74) is 0. The minimum Gasteiger partial charge on any atom is -0.368 e. The van der Waals surface area contributed by atoms with Crippen molar-refractivity contribution in [3.8, 4) is 0 Å². The van der Waals surface area contributed by atoms with Gasteiger partial charge in [-0.25, -0.2) is 0 Å². The normalized spacial score (nSPS) is 16.3. The molecular weight excluding hydrogens is 175 g/mol. The van der Waals surface area contributed by atoms with Crippen LogP contribution in [-0.2, 0) is 11.8 Å². The summed E-state index contributed by atoms with van der Waals surface area (Å²) in [6, 6.07) is 0. The van der Waals surface area contributed by atoms with Gasteiger partial charge in [0.25, 0.3) is 0 Å². The van der Waals surface area contributed by atoms with Gasteiger partial charge in [0.05, 0.1) is 6.92 Å². The highest BCUT2D eigenvalue weighted by Crippen LogP contribution is 2.24. The topological polar surface area (TPSA) is 20.2 Å². The molecule has 0 radical (unpaired) electrons. The number of rotatable bonds is 6. The van der Waals surface area contributed by atoms with Gasteiger partial charge in [0.1, 0.15) is 0 Å². The summed E-state index contributed by atoms with van der Waals surface area (Å²) < 4.78 is 0. The summed E-state index contributed by atoms with van der Waals surface area (Å²) in [5.74, 6) is 0.686. The fourth-order valence-corrected chi connectivity index (χ4v) is 2.88. The first-order valence-electron chi connectivity index (χ1n) is 4.42. The number of hydrogen-bond donors (Lipinski definition) is 1. The molecule has 0 amide bonds. The van der Waals surface area contributed by atoms with E-state index in [1.807, 2.05) is 0 Å². The Labute approximate surface area is 75.7 Å². The Morgan fingerprint density at radius 3 is 2.45 bits per heavy atom. The minimum atomic E-state index is -1.39. The molecule has 1 N–H and O–H groups in total. The number of unbranched alkanes of at least 4 members (excludes halogenated alkanes) is 1. The highest BCUT2D eigenvalue weighted by molar-refractivity contribution is 8.02. The molecular formula is C8H19OPS. The van der Waals surface area contributed by atoms with Gasteiger partial charge in [0.15, 0.2) is 0 Å². The molecule has 0 heterocycles. The van der Waals surface area contributed by atoms with Crippen molar-refractivity contribution in [1.82, 2.24) is 0 Å². The van der Waals surface area contributed by atoms with Crippen LogP contribution in [0.1, 0.15) is 39.5 Å². The molecule has 2 atom stereocenters. The third kappa shape index (κ3) is 6.99. The van der Waals surface area contributed by atoms with Gasteiger partial charge in [0, 0.05) is 0 Å². The van der Waals surface area contributed by atoms with E-state index >= 15 is 0 Å². The van der Waals surface area contributed by atoms with Crippen LogP contribution in [0.5, 0.6) is 0 Å². The van der Waals surface area contributed by atoms with Gasteiger partial charge < -0.3 is 4.89 Å². The quantitative estimate of drug-likeness (QED) is 0.656. The second-order valence-electron chi connectivity index (χ2n) is 3.01. The monoisotopic (exact) mass is 194 g/mol. The maximum Gasteiger partial charge on any atom is 0.0524 e. The first kappa shape index (κ1) is 11.6. The molecule has 0 fully saturated rings. The van der Waals surface area contributed by atoms with Crippen molar-refractivity contribution >= 4 is 18.7 Å². The second-order valence-corrected chi connectivity index (χ2v) is 5.62. The molecule has 0 spiro atoms. The predicted molar refractivity (Wildman–Crippen MR) is 56.1 cm³/mol. The van der Waals surface area contributed by atoms with E-state index in [1.54, 1.807) is 0 Å². The van der Waals surface area contributed by atoms with Crippen molar-refractivity contribution in [3.05, 3.63) is 0 Å². The van der Waals surface area contributed by atoms with Crippen LogP contribution in [0.25, 0.3) is 0 Å². The predicted octanol–water partition coefficient (Wildman–Crippen LogP) is 2.79. The molecule has 68 valence electrons. The van der Waals surface area contributed by atoms with E-state index in [-0.39, 0.29) is 0 Å². The van der Waals surface area contributed by atoms with Crippen molar-refractivity contribution in [2.75, 3.05) is 6.16 Å². The molecule has 11 heavy (non-hydrogen) atoms. The lowest BCUT2D eigenvalue weighted by molar-refractivity contribution is 0.488. The van der Waals surface area contributed by atoms with Crippen molar-refractivity contribution in [2.24, 2.45) is 5.92 Å². The first-order valence-corrected chi connectivity index (χ1v) is 7.21. The van der Waals surface area contributed by atoms with Crippen LogP contribution in [-0.4, -0.2) is 11.1 Å². The van der Waals surface area contributed by atoms with Crippen LogP contribution in [0.3, 0.4) is 0 Å². The maximum absolute atomic E-state index is 9.07. The van der Waals surface area contributed by atoms with Gasteiger partial charge in [0.2, 0.25) is 0 Å². The van der Waals surface area contributed by atoms with Crippen LogP contribution in [0.2, 0.25) is 0 Å². The summed E-state index contributed by atoms with van der Waals surface area (Å²) in [6.45, 7) is 2.99. The minimum absolute atomic E-state index is 0.686. The van der Waals surface area contributed by atoms with Crippen LogP contribution < -0.4 is 0 Å². The van der Waals surface area contributed by atoms with Gasteiger partial charge in [-0.2, -0.15) is 0 Å². The Bertz CT molecular complexity index is 117. The second kappa shape index (κ2) is 7.27. The summed E-state index contributed by atoms with van der Waals surface area (Å²) in [6.07, 6.45) is 5.85. The zero-order valence-electron chi connectivity index (χ0n) is 7.47. The standard InChI is InChI=1S/C8H19OPS/c1-3-5-6-8(4-2)7-10(9)11/h8,10H,3-7H2,1-2H3,(H,9,11). The van der Waals surface area contributed by atoms with E-state index in [1.165, 1.54) is 25.7 Å². The van der Waals surface area contributed by atoms with E-state index in [0.717, 1.165) is 6.16 Å². The van der Waals surface area contributed by atoms with E-state index in [9.17, 15) is 0 Å². The summed E-state index contributed by atoms with van der Waals surface area (Å²) >= 11 is 4.83. The van der Waals surface area contributed by atoms with Crippen LogP contribution >= 0.6 is 6.92 Å². The molecule has 0 aliphatic carbocycles. The molecule has 0 rings (SSSR count). The molecule has 0 aromatic heterocycles. The van der Waals surface area contributed by atoms with Crippen LogP contribution in [0.15, 0.2) is 0 Å². The molecule has 0 aromatic rings. The first-order chi connectivity index (χ1) is 5.20. The Balaban J connectivity index is 3.49. The molecule has 0 aromatic carbocycles. The smallest absolute Gasteiger partial charge is 0.0524 e. The molecule has 3 heteroatoms. The van der Waals surface area contributed by atoms with Gasteiger partial charge >= 0.3 is 0 Å². The lowest BCUT2D eigenvalue weighted by Crippen LogP contribution is -2.01. The van der Waals surface area contributed by atoms with Crippen molar-refractivity contribution in [2.45, 2.75) is 39.5 Å². The Morgan fingerprint density at radius 1 is 1.45 bits per heavy atom. The summed E-state index contributed by atoms with van der Waals surface area (Å²) in [5, 5.41) is 0. The van der Waals surface area contributed by atoms with Crippen LogP contribution in [0.4, 0.5) is 0 Å². The SMILES string of the molecule is CCCCC(CC)C[PH](O)=S. The largest absolute Gasteiger partial charge is 0.368 e. The van der Waals surface area contributed by atoms with Crippen molar-refractivity contribution in [3.63, 3.8) is 0 Å². The summed E-state index contributed by atoms with van der Waals surface area (Å²) in [4.78, 5) is 9.07. The molecule has 0 saturated carbocycles. The maximum atomic E-state index is 9.07. The van der Waals surface area contributed by atoms with E-state index in [2.05, 4.69) is 13.8 Å². The molecule has 1 nitrogen and oxygen atoms in total. The van der Waals surface area contributed by atoms with E-state index < -0.39 is 6.92 Å². The van der Waals surface area contributed by atoms with Crippen LogP contribution in [0, 0.1) is 5.92 Å². The van der Waals surface area contributed by atoms with Gasteiger partial charge in [-0.1, -0.05) is 51.3 Å². The molecule has 2 unspecified atom stereocenters. The lowest BCUT2D eigenvalue weighted by atomic mass is 10.0. The lowest BCUT2D eigenvalue weighted by Gasteiger charge is -2.12. The zero-order chi connectivity index (χ0) is 8.69. The van der Waals surface area contributed by atoms with Crippen molar-refractivity contribution < 1.29 is 4.89 Å². The third-order valence-electron chi connectivity index (χ3n) is 2.01. The number of hydrogen-bond acceptors (Lipinski definition) is 1. The Morgan fingerprint density at radius 2 is 2.09 bits per heavy atom. The molecule has 0 bridgehead atoms. The average molecular weight is 194 g/mol. The fourth-order valence-electron chi connectivity index (χ4n) is 1.19. The van der Waals surface area contributed by atoms with Gasteiger partial charge in [-0.15, -0.1) is 0 Å². The highest BCUT2D eigenvalue weighted by atomic mass is 32.4. The molecule has 0 saturated heterocycles. The molecule has 0 aliphatic rings. The Hall–Kier alpha value is 0.610. The van der Waals surface area contributed by atoms with Crippen molar-refractivity contribution in [1.29, 1.82) is 0 Å².